The Labute approximate surface area is 89.7 Å². The molecule has 0 aromatic carbocycles. The summed E-state index contributed by atoms with van der Waals surface area (Å²) in [6.07, 6.45) is 7.21. The van der Waals surface area contributed by atoms with Crippen LogP contribution in [-0.2, 0) is 0 Å². The Morgan fingerprint density at radius 1 is 1.14 bits per heavy atom. The summed E-state index contributed by atoms with van der Waals surface area (Å²) < 4.78 is 0. The van der Waals surface area contributed by atoms with Crippen LogP contribution < -0.4 is 5.32 Å². The maximum atomic E-state index is 3.29. The van der Waals surface area contributed by atoms with Crippen molar-refractivity contribution in [2.24, 2.45) is 17.3 Å². The van der Waals surface area contributed by atoms with Gasteiger partial charge in [-0.3, -0.25) is 0 Å². The average molecular weight is 197 g/mol. The summed E-state index contributed by atoms with van der Waals surface area (Å²) in [5.41, 5.74) is 0.513. The van der Waals surface area contributed by atoms with E-state index in [2.05, 4.69) is 33.1 Å². The van der Waals surface area contributed by atoms with Gasteiger partial charge in [0, 0.05) is 0 Å². The van der Waals surface area contributed by atoms with Crippen LogP contribution in [0.5, 0.6) is 0 Å². The molecule has 1 heteroatoms. The molecule has 0 aliphatic heterocycles. The molecule has 0 aromatic rings. The third kappa shape index (κ3) is 3.27. The fraction of sp³-hybridized carbons (Fsp3) is 1.00. The molecule has 0 amide bonds. The van der Waals surface area contributed by atoms with E-state index in [9.17, 15) is 0 Å². The van der Waals surface area contributed by atoms with Crippen LogP contribution in [0, 0.1) is 17.3 Å². The first-order chi connectivity index (χ1) is 6.55. The van der Waals surface area contributed by atoms with Gasteiger partial charge < -0.3 is 5.32 Å². The Balaban J connectivity index is 2.50. The van der Waals surface area contributed by atoms with Crippen LogP contribution in [0.25, 0.3) is 0 Å². The van der Waals surface area contributed by atoms with Crippen LogP contribution in [0.1, 0.15) is 52.9 Å². The molecule has 0 saturated heterocycles. The maximum absolute atomic E-state index is 3.29. The normalized spacial score (nSPS) is 29.1. The third-order valence-electron chi connectivity index (χ3n) is 3.79. The molecule has 14 heavy (non-hydrogen) atoms. The standard InChI is InChI=1S/C13H27N/c1-13(2,3)12-8-6-5-7-11(12)9-10-14-4/h11-12,14H,5-10H2,1-4H3. The molecule has 1 rings (SSSR count). The molecule has 2 unspecified atom stereocenters. The monoisotopic (exact) mass is 197 g/mol. The van der Waals surface area contributed by atoms with Crippen molar-refractivity contribution in [3.8, 4) is 0 Å². The molecule has 0 radical (unpaired) electrons. The highest BCUT2D eigenvalue weighted by atomic mass is 14.8. The summed E-state index contributed by atoms with van der Waals surface area (Å²) >= 11 is 0. The molecule has 1 nitrogen and oxygen atoms in total. The summed E-state index contributed by atoms with van der Waals surface area (Å²) in [4.78, 5) is 0. The molecule has 1 aliphatic carbocycles. The molecule has 1 N–H and O–H groups in total. The fourth-order valence-electron chi connectivity index (χ4n) is 3.02. The minimum Gasteiger partial charge on any atom is -0.320 e. The van der Waals surface area contributed by atoms with Crippen molar-refractivity contribution in [2.45, 2.75) is 52.9 Å². The minimum absolute atomic E-state index is 0.513. The van der Waals surface area contributed by atoms with Crippen LogP contribution in [0.2, 0.25) is 0 Å². The quantitative estimate of drug-likeness (QED) is 0.730. The average Bonchev–Trinajstić information content (AvgIpc) is 2.14. The minimum atomic E-state index is 0.513. The van der Waals surface area contributed by atoms with Gasteiger partial charge in [0.05, 0.1) is 0 Å². The van der Waals surface area contributed by atoms with Crippen LogP contribution >= 0.6 is 0 Å². The Bertz CT molecular complexity index is 157. The summed E-state index contributed by atoms with van der Waals surface area (Å²) in [6.45, 7) is 8.43. The molecule has 1 saturated carbocycles. The molecule has 84 valence electrons. The Hall–Kier alpha value is -0.0400. The van der Waals surface area contributed by atoms with Gasteiger partial charge in [0.1, 0.15) is 0 Å². The Morgan fingerprint density at radius 2 is 1.79 bits per heavy atom. The predicted molar refractivity (Wildman–Crippen MR) is 63.4 cm³/mol. The van der Waals surface area contributed by atoms with Gasteiger partial charge in [-0.05, 0) is 43.7 Å². The van der Waals surface area contributed by atoms with E-state index in [-0.39, 0.29) is 0 Å². The number of hydrogen-bond donors (Lipinski definition) is 1. The van der Waals surface area contributed by atoms with E-state index in [0.29, 0.717) is 5.41 Å². The van der Waals surface area contributed by atoms with E-state index in [1.807, 2.05) is 0 Å². The van der Waals surface area contributed by atoms with Crippen molar-refractivity contribution >= 4 is 0 Å². The number of hydrogen-bond acceptors (Lipinski definition) is 1. The zero-order valence-corrected chi connectivity index (χ0v) is 10.4. The van der Waals surface area contributed by atoms with Crippen molar-refractivity contribution < 1.29 is 0 Å². The molecule has 1 aliphatic rings. The number of nitrogens with one attached hydrogen (secondary N) is 1. The van der Waals surface area contributed by atoms with E-state index < -0.39 is 0 Å². The lowest BCUT2D eigenvalue weighted by molar-refractivity contribution is 0.102. The zero-order valence-electron chi connectivity index (χ0n) is 10.4. The second-order valence-corrected chi connectivity index (χ2v) is 5.91. The van der Waals surface area contributed by atoms with Crippen LogP contribution in [0.4, 0.5) is 0 Å². The van der Waals surface area contributed by atoms with E-state index in [4.69, 9.17) is 0 Å². The predicted octanol–water partition coefficient (Wildman–Crippen LogP) is 3.45. The molecule has 2 atom stereocenters. The van der Waals surface area contributed by atoms with Gasteiger partial charge in [-0.25, -0.2) is 0 Å². The fourth-order valence-corrected chi connectivity index (χ4v) is 3.02. The van der Waals surface area contributed by atoms with Crippen LogP contribution in [-0.4, -0.2) is 13.6 Å². The smallest absolute Gasteiger partial charge is 0.00492 e. The third-order valence-corrected chi connectivity index (χ3v) is 3.79. The topological polar surface area (TPSA) is 12.0 Å². The molecular formula is C13H27N. The maximum Gasteiger partial charge on any atom is -0.00492 e. The largest absolute Gasteiger partial charge is 0.320 e. The first kappa shape index (κ1) is 12.0. The molecule has 0 spiro atoms. The van der Waals surface area contributed by atoms with E-state index >= 15 is 0 Å². The molecular weight excluding hydrogens is 170 g/mol. The van der Waals surface area contributed by atoms with E-state index in [1.165, 1.54) is 38.6 Å². The van der Waals surface area contributed by atoms with E-state index in [1.54, 1.807) is 0 Å². The summed E-state index contributed by atoms with van der Waals surface area (Å²) in [6, 6.07) is 0. The van der Waals surface area contributed by atoms with Crippen molar-refractivity contribution in [3.05, 3.63) is 0 Å². The van der Waals surface area contributed by atoms with Gasteiger partial charge in [0.25, 0.3) is 0 Å². The SMILES string of the molecule is CNCCC1CCCCC1C(C)(C)C. The highest BCUT2D eigenvalue weighted by Gasteiger charge is 2.33. The first-order valence-electron chi connectivity index (χ1n) is 6.20. The second kappa shape index (κ2) is 5.16. The van der Waals surface area contributed by atoms with Crippen molar-refractivity contribution in [1.82, 2.24) is 5.32 Å². The second-order valence-electron chi connectivity index (χ2n) is 5.91. The highest BCUT2D eigenvalue weighted by molar-refractivity contribution is 4.84. The van der Waals surface area contributed by atoms with Gasteiger partial charge >= 0.3 is 0 Å². The van der Waals surface area contributed by atoms with Gasteiger partial charge in [-0.2, -0.15) is 0 Å². The zero-order chi connectivity index (χ0) is 10.6. The number of rotatable bonds is 3. The van der Waals surface area contributed by atoms with Gasteiger partial charge in [0.2, 0.25) is 0 Å². The summed E-state index contributed by atoms with van der Waals surface area (Å²) in [5, 5.41) is 3.29. The highest BCUT2D eigenvalue weighted by Crippen LogP contribution is 2.42. The van der Waals surface area contributed by atoms with Crippen molar-refractivity contribution in [2.75, 3.05) is 13.6 Å². The summed E-state index contributed by atoms with van der Waals surface area (Å²) in [5.74, 6) is 1.92. The van der Waals surface area contributed by atoms with Gasteiger partial charge in [0.15, 0.2) is 0 Å². The van der Waals surface area contributed by atoms with Crippen molar-refractivity contribution in [1.29, 1.82) is 0 Å². The lowest BCUT2D eigenvalue weighted by Crippen LogP contribution is -2.32. The van der Waals surface area contributed by atoms with Gasteiger partial charge in [-0.15, -0.1) is 0 Å². The summed E-state index contributed by atoms with van der Waals surface area (Å²) in [7, 11) is 2.06. The molecule has 0 heterocycles. The van der Waals surface area contributed by atoms with Crippen LogP contribution in [0.15, 0.2) is 0 Å². The lowest BCUT2D eigenvalue weighted by Gasteiger charge is -2.40. The van der Waals surface area contributed by atoms with Crippen molar-refractivity contribution in [3.63, 3.8) is 0 Å². The first-order valence-corrected chi connectivity index (χ1v) is 6.20. The van der Waals surface area contributed by atoms with Gasteiger partial charge in [-0.1, -0.05) is 40.0 Å². The van der Waals surface area contributed by atoms with Crippen LogP contribution in [0.3, 0.4) is 0 Å². The Kier molecular flexibility index (Phi) is 4.43. The van der Waals surface area contributed by atoms with E-state index in [0.717, 1.165) is 11.8 Å². The molecule has 0 aromatic heterocycles. The molecule has 0 bridgehead atoms. The molecule has 1 fully saturated rings. The lowest BCUT2D eigenvalue weighted by atomic mass is 9.65. The Morgan fingerprint density at radius 3 is 2.36 bits per heavy atom.